The number of allylic oxidation sites excluding steroid dienone is 38. The molecule has 0 spiro atoms. The lowest BCUT2D eigenvalue weighted by Crippen LogP contribution is -2.40. The fourth-order valence-electron chi connectivity index (χ4n) is 8.21. The molecule has 0 saturated carbocycles. The van der Waals surface area contributed by atoms with Gasteiger partial charge in [-0.3, -0.25) is 9.59 Å². The second kappa shape index (κ2) is 69.2. The van der Waals surface area contributed by atoms with E-state index in [1.807, 2.05) is 21.1 Å². The molecule has 0 aromatic carbocycles. The summed E-state index contributed by atoms with van der Waals surface area (Å²) in [6.07, 6.45) is 109. The summed E-state index contributed by atoms with van der Waals surface area (Å²) in [5.41, 5.74) is 0. The Bertz CT molecular complexity index is 2350. The van der Waals surface area contributed by atoms with Crippen LogP contribution in [0.1, 0.15) is 206 Å². The van der Waals surface area contributed by atoms with Crippen molar-refractivity contribution in [3.63, 3.8) is 0 Å². The monoisotopic (exact) mass is 1250 g/mol. The van der Waals surface area contributed by atoms with Crippen molar-refractivity contribution in [3.05, 3.63) is 231 Å². The summed E-state index contributed by atoms with van der Waals surface area (Å²) < 4.78 is 22.8. The van der Waals surface area contributed by atoms with Crippen molar-refractivity contribution >= 4 is 17.9 Å². The Hall–Kier alpha value is -6.65. The number of quaternary nitrogens is 1. The van der Waals surface area contributed by atoms with E-state index in [0.717, 1.165) is 167 Å². The number of ether oxygens (including phenoxy) is 4. The third-order valence-electron chi connectivity index (χ3n) is 13.4. The first-order chi connectivity index (χ1) is 44.6. The van der Waals surface area contributed by atoms with Gasteiger partial charge >= 0.3 is 17.9 Å². The van der Waals surface area contributed by atoms with Gasteiger partial charge in [0.2, 0.25) is 0 Å². The maximum atomic E-state index is 12.9. The van der Waals surface area contributed by atoms with E-state index >= 15 is 0 Å². The van der Waals surface area contributed by atoms with Gasteiger partial charge in [-0.25, -0.2) is 4.79 Å². The molecule has 0 aliphatic carbocycles. The first-order valence-corrected chi connectivity index (χ1v) is 34.5. The molecule has 0 aliphatic rings. The van der Waals surface area contributed by atoms with Gasteiger partial charge < -0.3 is 28.5 Å². The second-order valence-electron chi connectivity index (χ2n) is 23.0. The SMILES string of the molecule is CC/C=C\C/C=C\C/C=C\C/C=C\C/C=C\C/C=C\C/C=C\C/C=C\C/C=C\C/C=C\C/C=C\C/C=C\CCCCC(=O)OC(COC(=O)CCCCCCC/C=C\C/C=C\C/C=C\C/C=C\C/C=C\C/C=C\C/C=C\CC)COC(OCC[N+](C)(C)C)C(=O)O. The number of carbonyl (C=O) groups is 3. The first kappa shape index (κ1) is 84.4. The molecule has 9 nitrogen and oxygen atoms in total. The minimum absolute atomic E-state index is 0.161. The molecule has 0 rings (SSSR count). The quantitative estimate of drug-likeness (QED) is 0.0211. The third-order valence-corrected chi connectivity index (χ3v) is 13.4. The largest absolute Gasteiger partial charge is 0.477 e. The Morgan fingerprint density at radius 3 is 0.901 bits per heavy atom. The number of carbonyl (C=O) groups excluding carboxylic acids is 2. The van der Waals surface area contributed by atoms with Crippen molar-refractivity contribution < 1.29 is 42.9 Å². The second-order valence-corrected chi connectivity index (χ2v) is 23.0. The lowest BCUT2D eigenvalue weighted by molar-refractivity contribution is -0.870. The average molecular weight is 1250 g/mol. The molecule has 0 aromatic rings. The van der Waals surface area contributed by atoms with Crippen LogP contribution in [0.4, 0.5) is 0 Å². The van der Waals surface area contributed by atoms with Crippen LogP contribution in [0.15, 0.2) is 231 Å². The number of rotatable bonds is 60. The minimum Gasteiger partial charge on any atom is -0.477 e. The number of unbranched alkanes of at least 4 members (excludes halogenated alkanes) is 7. The van der Waals surface area contributed by atoms with E-state index in [9.17, 15) is 19.5 Å². The van der Waals surface area contributed by atoms with Gasteiger partial charge in [-0.05, 0) is 161 Å². The zero-order valence-electron chi connectivity index (χ0n) is 57.4. The molecular weight excluding hydrogens is 1130 g/mol. The molecule has 0 heterocycles. The molecule has 1 N–H and O–H groups in total. The lowest BCUT2D eigenvalue weighted by atomic mass is 10.1. The molecule has 0 bridgehead atoms. The van der Waals surface area contributed by atoms with Crippen molar-refractivity contribution in [2.45, 2.75) is 219 Å². The summed E-state index contributed by atoms with van der Waals surface area (Å²) in [4.78, 5) is 37.6. The first-order valence-electron chi connectivity index (χ1n) is 34.5. The molecule has 2 unspecified atom stereocenters. The topological polar surface area (TPSA) is 108 Å². The van der Waals surface area contributed by atoms with Crippen LogP contribution in [0, 0.1) is 0 Å². The van der Waals surface area contributed by atoms with Gasteiger partial charge in [-0.1, -0.05) is 264 Å². The van der Waals surface area contributed by atoms with Crippen molar-refractivity contribution in [2.24, 2.45) is 0 Å². The summed E-state index contributed by atoms with van der Waals surface area (Å²) in [6.45, 7) is 4.53. The lowest BCUT2D eigenvalue weighted by Gasteiger charge is -2.25. The van der Waals surface area contributed by atoms with Gasteiger partial charge in [-0.15, -0.1) is 0 Å². The van der Waals surface area contributed by atoms with Crippen molar-refractivity contribution in [1.29, 1.82) is 0 Å². The van der Waals surface area contributed by atoms with Crippen molar-refractivity contribution in [3.8, 4) is 0 Å². The smallest absolute Gasteiger partial charge is 0.361 e. The van der Waals surface area contributed by atoms with Crippen LogP contribution in [0.3, 0.4) is 0 Å². The number of likely N-dealkylation sites (N-methyl/N-ethyl adjacent to an activating group) is 1. The van der Waals surface area contributed by atoms with Crippen molar-refractivity contribution in [2.75, 3.05) is 47.5 Å². The van der Waals surface area contributed by atoms with Crippen molar-refractivity contribution in [1.82, 2.24) is 0 Å². The van der Waals surface area contributed by atoms with Gasteiger partial charge in [0, 0.05) is 12.8 Å². The van der Waals surface area contributed by atoms with Crippen LogP contribution in [0.5, 0.6) is 0 Å². The number of aliphatic carboxylic acids is 1. The van der Waals surface area contributed by atoms with Gasteiger partial charge in [0.15, 0.2) is 6.10 Å². The van der Waals surface area contributed by atoms with Gasteiger partial charge in [-0.2, -0.15) is 0 Å². The summed E-state index contributed by atoms with van der Waals surface area (Å²) in [6, 6.07) is 0. The normalized spacial score (nSPS) is 14.2. The molecule has 504 valence electrons. The van der Waals surface area contributed by atoms with E-state index in [1.54, 1.807) is 0 Å². The van der Waals surface area contributed by atoms with E-state index in [4.69, 9.17) is 18.9 Å². The molecule has 9 heteroatoms. The molecule has 0 aromatic heterocycles. The maximum absolute atomic E-state index is 12.9. The molecular formula is C82H124NO8+. The Morgan fingerprint density at radius 1 is 0.330 bits per heavy atom. The fraction of sp³-hybridized carbons (Fsp3) is 0.500. The summed E-state index contributed by atoms with van der Waals surface area (Å²) in [7, 11) is 5.93. The van der Waals surface area contributed by atoms with Crippen LogP contribution in [0.2, 0.25) is 0 Å². The molecule has 0 aliphatic heterocycles. The highest BCUT2D eigenvalue weighted by Gasteiger charge is 2.25. The Morgan fingerprint density at radius 2 is 0.593 bits per heavy atom. The zero-order chi connectivity index (χ0) is 66.1. The predicted molar refractivity (Wildman–Crippen MR) is 391 cm³/mol. The minimum atomic E-state index is -1.55. The third kappa shape index (κ3) is 70.7. The molecule has 0 amide bonds. The maximum Gasteiger partial charge on any atom is 0.361 e. The highest BCUT2D eigenvalue weighted by molar-refractivity contribution is 5.71. The Labute approximate surface area is 555 Å². The average Bonchev–Trinajstić information content (AvgIpc) is 3.46. The van der Waals surface area contributed by atoms with Crippen LogP contribution in [-0.4, -0.2) is 87.4 Å². The molecule has 0 fully saturated rings. The molecule has 0 radical (unpaired) electrons. The van der Waals surface area contributed by atoms with E-state index in [0.29, 0.717) is 23.9 Å². The van der Waals surface area contributed by atoms with Crippen LogP contribution < -0.4 is 0 Å². The highest BCUT2D eigenvalue weighted by atomic mass is 16.7. The van der Waals surface area contributed by atoms with E-state index < -0.39 is 24.3 Å². The van der Waals surface area contributed by atoms with Gasteiger partial charge in [0.05, 0.1) is 34.4 Å². The van der Waals surface area contributed by atoms with Gasteiger partial charge in [0.1, 0.15) is 13.2 Å². The summed E-state index contributed by atoms with van der Waals surface area (Å²) >= 11 is 0. The van der Waals surface area contributed by atoms with Crippen LogP contribution in [-0.2, 0) is 33.3 Å². The number of hydrogen-bond acceptors (Lipinski definition) is 7. The predicted octanol–water partition coefficient (Wildman–Crippen LogP) is 21.9. The molecule has 2 atom stereocenters. The van der Waals surface area contributed by atoms with Crippen LogP contribution in [0.25, 0.3) is 0 Å². The number of carboxylic acids is 1. The number of esters is 2. The molecule has 0 saturated heterocycles. The molecule has 91 heavy (non-hydrogen) atoms. The van der Waals surface area contributed by atoms with E-state index in [-0.39, 0.29) is 38.6 Å². The number of hydrogen-bond donors (Lipinski definition) is 1. The fourth-order valence-corrected chi connectivity index (χ4v) is 8.21. The number of carboxylic acid groups (broad SMARTS) is 1. The Kier molecular flexibility index (Phi) is 64.2. The van der Waals surface area contributed by atoms with E-state index in [1.165, 1.54) is 0 Å². The van der Waals surface area contributed by atoms with Gasteiger partial charge in [0.25, 0.3) is 6.29 Å². The standard InChI is InChI=1S/C82H123NO8/c1-6-8-10-12-14-16-18-20-22-24-26-28-30-32-34-35-36-37-38-39-40-41-42-43-44-45-47-49-51-53-55-57-59-61-63-65-67-69-71-73-80(85)91-78(77-90-82(81(86)87)88-75-74-83(3,4)5)76-89-79(84)72-70-68-66-64-62-60-58-56-54-52-50-48-46-33-31-29-27-25-23-21-19-17-15-13-11-9-7-2/h8-11,14-17,20-23,26-29,32-34,36-37,39-40,42-43,45-47,50-53,56-59,63,65,78,82H,6-7,12-13,18-19,24-25,30-31,35,38,41,44,48-49,54-55,60-62,64,66-77H2,1-5H3/p+1/b10-8-,11-9-,16-14-,17-15-,22-20-,23-21-,28-26-,29-27-,34-32-,37-36-,40-39-,43-42-,46-33-,47-45-,52-50-,53-51-,58-56-,59-57-,65-63-. The van der Waals surface area contributed by atoms with Crippen LogP contribution >= 0.6 is 0 Å². The number of nitrogens with zero attached hydrogens (tertiary/aromatic N) is 1. The zero-order valence-corrected chi connectivity index (χ0v) is 57.4. The Balaban J connectivity index is 4.36. The summed E-state index contributed by atoms with van der Waals surface area (Å²) in [5.74, 6) is -2.13. The summed E-state index contributed by atoms with van der Waals surface area (Å²) in [5, 5.41) is 9.74. The highest BCUT2D eigenvalue weighted by Crippen LogP contribution is 2.12. The van der Waals surface area contributed by atoms with E-state index in [2.05, 4.69) is 245 Å².